The summed E-state index contributed by atoms with van der Waals surface area (Å²) in [5.41, 5.74) is 3.27. The van der Waals surface area contributed by atoms with Gasteiger partial charge in [-0.2, -0.15) is 0 Å². The largest absolute Gasteiger partial charge is 0.486 e. The van der Waals surface area contributed by atoms with Gasteiger partial charge in [0.25, 0.3) is 0 Å². The summed E-state index contributed by atoms with van der Waals surface area (Å²) in [6, 6.07) is 10.2. The minimum absolute atomic E-state index is 0.0698. The van der Waals surface area contributed by atoms with Gasteiger partial charge in [0, 0.05) is 19.2 Å². The molecule has 2 aliphatic heterocycles. The van der Waals surface area contributed by atoms with Crippen molar-refractivity contribution in [1.29, 1.82) is 0 Å². The van der Waals surface area contributed by atoms with Crippen LogP contribution in [0.2, 0.25) is 0 Å². The Bertz CT molecular complexity index is 908. The van der Waals surface area contributed by atoms with Crippen molar-refractivity contribution in [2.75, 3.05) is 26.2 Å². The number of hydrogen-bond acceptors (Lipinski definition) is 5. The lowest BCUT2D eigenvalue weighted by molar-refractivity contribution is -0.00260. The van der Waals surface area contributed by atoms with Crippen LogP contribution < -0.4 is 15.5 Å². The Morgan fingerprint density at radius 3 is 2.76 bits per heavy atom. The van der Waals surface area contributed by atoms with E-state index in [1.807, 2.05) is 0 Å². The maximum atomic E-state index is 12.5. The van der Waals surface area contributed by atoms with Crippen LogP contribution in [0.25, 0.3) is 0 Å². The van der Waals surface area contributed by atoms with Crippen molar-refractivity contribution in [2.24, 2.45) is 11.3 Å². The zero-order chi connectivity index (χ0) is 19.7. The maximum Gasteiger partial charge on any atom is 0.227 e. The van der Waals surface area contributed by atoms with Crippen LogP contribution in [0.15, 0.2) is 45.8 Å². The first-order chi connectivity index (χ1) is 14.2. The standard InChI is InChI=1S/C24H30N2O3/c27-22-11-21(15-26-10-5-19-3-1-2-4-20(19)14-26)28-17-23(22)29-16-18-12-24(13-18)6-8-25-9-7-24/h1-4,11,17-18,25H,5-10,12-16H2. The second-order valence-corrected chi connectivity index (χ2v) is 9.14. The number of nitrogens with one attached hydrogen (secondary N) is 1. The van der Waals surface area contributed by atoms with Crippen LogP contribution in [0.1, 0.15) is 42.6 Å². The molecule has 1 aliphatic carbocycles. The van der Waals surface area contributed by atoms with Gasteiger partial charge in [-0.25, -0.2) is 0 Å². The Labute approximate surface area is 172 Å². The Kier molecular flexibility index (Phi) is 5.18. The van der Waals surface area contributed by atoms with Crippen molar-refractivity contribution >= 4 is 0 Å². The predicted molar refractivity (Wildman–Crippen MR) is 112 cm³/mol. The molecular formula is C24H30N2O3. The molecule has 1 aromatic heterocycles. The van der Waals surface area contributed by atoms with Crippen molar-refractivity contribution in [3.05, 3.63) is 63.7 Å². The first kappa shape index (κ1) is 18.9. The van der Waals surface area contributed by atoms with Gasteiger partial charge in [-0.05, 0) is 67.7 Å². The number of nitrogens with zero attached hydrogens (tertiary/aromatic N) is 1. The van der Waals surface area contributed by atoms with E-state index in [1.54, 1.807) is 6.07 Å². The molecule has 5 heteroatoms. The minimum atomic E-state index is -0.0698. The van der Waals surface area contributed by atoms with Crippen LogP contribution in [-0.2, 0) is 19.5 Å². The van der Waals surface area contributed by atoms with Crippen LogP contribution in [-0.4, -0.2) is 31.1 Å². The molecule has 0 bridgehead atoms. The van der Waals surface area contributed by atoms with Gasteiger partial charge in [0.15, 0.2) is 0 Å². The first-order valence-corrected chi connectivity index (χ1v) is 10.9. The predicted octanol–water partition coefficient (Wildman–Crippen LogP) is 3.36. The number of benzene rings is 1. The van der Waals surface area contributed by atoms with Crippen LogP contribution >= 0.6 is 0 Å². The number of rotatable bonds is 5. The lowest BCUT2D eigenvalue weighted by Gasteiger charge is -2.50. The number of hydrogen-bond donors (Lipinski definition) is 1. The molecule has 3 aliphatic rings. The Morgan fingerprint density at radius 2 is 1.97 bits per heavy atom. The van der Waals surface area contributed by atoms with Gasteiger partial charge in [0.1, 0.15) is 12.0 Å². The number of piperidine rings is 1. The van der Waals surface area contributed by atoms with Gasteiger partial charge in [-0.1, -0.05) is 24.3 Å². The summed E-state index contributed by atoms with van der Waals surface area (Å²) in [6.07, 6.45) is 7.57. The molecule has 2 aromatic rings. The maximum absolute atomic E-state index is 12.5. The normalized spacial score (nSPS) is 21.5. The summed E-state index contributed by atoms with van der Waals surface area (Å²) >= 11 is 0. The van der Waals surface area contributed by atoms with E-state index in [-0.39, 0.29) is 5.43 Å². The molecule has 0 radical (unpaired) electrons. The zero-order valence-electron chi connectivity index (χ0n) is 17.0. The average molecular weight is 395 g/mol. The Balaban J connectivity index is 1.14. The third-order valence-electron chi connectivity index (χ3n) is 7.02. The molecule has 2 fully saturated rings. The molecule has 154 valence electrons. The first-order valence-electron chi connectivity index (χ1n) is 10.9. The molecule has 3 heterocycles. The van der Waals surface area contributed by atoms with Crippen molar-refractivity contribution in [3.8, 4) is 5.75 Å². The number of ether oxygens (including phenoxy) is 1. The SMILES string of the molecule is O=c1cc(CN2CCc3ccccc3C2)occ1OCC1CC2(CCNCC2)C1. The van der Waals surface area contributed by atoms with Crippen molar-refractivity contribution < 1.29 is 9.15 Å². The van der Waals surface area contributed by atoms with E-state index < -0.39 is 0 Å². The summed E-state index contributed by atoms with van der Waals surface area (Å²) < 4.78 is 11.6. The van der Waals surface area contributed by atoms with Gasteiger partial charge >= 0.3 is 0 Å². The van der Waals surface area contributed by atoms with Crippen molar-refractivity contribution in [3.63, 3.8) is 0 Å². The fourth-order valence-corrected chi connectivity index (χ4v) is 5.39. The van der Waals surface area contributed by atoms with Crippen LogP contribution in [0.3, 0.4) is 0 Å². The fraction of sp³-hybridized carbons (Fsp3) is 0.542. The van der Waals surface area contributed by atoms with Crippen LogP contribution in [0, 0.1) is 11.3 Å². The summed E-state index contributed by atoms with van der Waals surface area (Å²) in [6.45, 7) is 5.45. The third kappa shape index (κ3) is 4.12. The van der Waals surface area contributed by atoms with Gasteiger partial charge in [0.2, 0.25) is 11.2 Å². The highest BCUT2D eigenvalue weighted by atomic mass is 16.5. The molecule has 1 saturated carbocycles. The third-order valence-corrected chi connectivity index (χ3v) is 7.02. The highest BCUT2D eigenvalue weighted by molar-refractivity contribution is 5.29. The van der Waals surface area contributed by atoms with Gasteiger partial charge < -0.3 is 14.5 Å². The second kappa shape index (κ2) is 7.96. The molecule has 0 atom stereocenters. The molecule has 5 nitrogen and oxygen atoms in total. The molecule has 1 saturated heterocycles. The summed E-state index contributed by atoms with van der Waals surface area (Å²) in [7, 11) is 0. The van der Waals surface area contributed by atoms with Gasteiger partial charge in [0.05, 0.1) is 13.2 Å². The number of fused-ring (bicyclic) bond motifs is 1. The smallest absolute Gasteiger partial charge is 0.227 e. The quantitative estimate of drug-likeness (QED) is 0.843. The molecule has 0 unspecified atom stereocenters. The topological polar surface area (TPSA) is 54.7 Å². The second-order valence-electron chi connectivity index (χ2n) is 9.14. The Morgan fingerprint density at radius 1 is 1.17 bits per heavy atom. The fourth-order valence-electron chi connectivity index (χ4n) is 5.39. The van der Waals surface area contributed by atoms with E-state index in [0.29, 0.717) is 36.0 Å². The highest BCUT2D eigenvalue weighted by Gasteiger charge is 2.44. The lowest BCUT2D eigenvalue weighted by atomic mass is 9.58. The van der Waals surface area contributed by atoms with E-state index in [4.69, 9.17) is 9.15 Å². The molecular weight excluding hydrogens is 364 g/mol. The monoisotopic (exact) mass is 394 g/mol. The molecule has 0 amide bonds. The van der Waals surface area contributed by atoms with E-state index in [2.05, 4.69) is 34.5 Å². The highest BCUT2D eigenvalue weighted by Crippen LogP contribution is 2.51. The van der Waals surface area contributed by atoms with E-state index in [1.165, 1.54) is 43.1 Å². The summed E-state index contributed by atoms with van der Waals surface area (Å²) in [5.74, 6) is 1.63. The molecule has 29 heavy (non-hydrogen) atoms. The zero-order valence-corrected chi connectivity index (χ0v) is 17.0. The van der Waals surface area contributed by atoms with Gasteiger partial charge in [-0.15, -0.1) is 0 Å². The van der Waals surface area contributed by atoms with Crippen LogP contribution in [0.4, 0.5) is 0 Å². The summed E-state index contributed by atoms with van der Waals surface area (Å²) in [5, 5.41) is 3.44. The molecule has 1 N–H and O–H groups in total. The molecule has 5 rings (SSSR count). The van der Waals surface area contributed by atoms with E-state index >= 15 is 0 Å². The minimum Gasteiger partial charge on any atom is -0.486 e. The average Bonchev–Trinajstić information content (AvgIpc) is 2.72. The van der Waals surface area contributed by atoms with E-state index in [9.17, 15) is 4.79 Å². The molecule has 1 aromatic carbocycles. The van der Waals surface area contributed by atoms with Crippen molar-refractivity contribution in [1.82, 2.24) is 10.2 Å². The van der Waals surface area contributed by atoms with Crippen LogP contribution in [0.5, 0.6) is 5.75 Å². The van der Waals surface area contributed by atoms with Gasteiger partial charge in [-0.3, -0.25) is 9.69 Å². The van der Waals surface area contributed by atoms with Crippen molar-refractivity contribution in [2.45, 2.75) is 45.2 Å². The summed E-state index contributed by atoms with van der Waals surface area (Å²) in [4.78, 5) is 14.8. The Hall–Kier alpha value is -2.11. The van der Waals surface area contributed by atoms with E-state index in [0.717, 1.165) is 32.6 Å². The lowest BCUT2D eigenvalue weighted by Crippen LogP contribution is -2.47. The molecule has 1 spiro atoms.